The maximum atomic E-state index is 13.0. The Kier molecular flexibility index (Phi) is 4.97. The minimum atomic E-state index is -0.0362. The first-order valence-electron chi connectivity index (χ1n) is 9.65. The number of amides is 1. The van der Waals surface area contributed by atoms with Gasteiger partial charge in [0.05, 0.1) is 11.9 Å². The summed E-state index contributed by atoms with van der Waals surface area (Å²) >= 11 is 0. The molecule has 0 bridgehead atoms. The van der Waals surface area contributed by atoms with E-state index < -0.39 is 0 Å². The molecule has 144 valence electrons. The van der Waals surface area contributed by atoms with Gasteiger partial charge in [-0.05, 0) is 45.4 Å². The second-order valence-corrected chi connectivity index (χ2v) is 7.68. The van der Waals surface area contributed by atoms with Crippen LogP contribution in [-0.4, -0.2) is 76.1 Å². The highest BCUT2D eigenvalue weighted by Gasteiger charge is 2.39. The normalized spacial score (nSPS) is 20.6. The van der Waals surface area contributed by atoms with Crippen LogP contribution in [0.3, 0.4) is 0 Å². The number of nitrogens with zero attached hydrogens (tertiary/aromatic N) is 5. The summed E-state index contributed by atoms with van der Waals surface area (Å²) < 4.78 is 7.22. The van der Waals surface area contributed by atoms with Gasteiger partial charge in [0.15, 0.2) is 5.69 Å². The molecule has 1 amide bonds. The predicted octanol–water partition coefficient (Wildman–Crippen LogP) is 1.90. The fourth-order valence-corrected chi connectivity index (χ4v) is 4.09. The third-order valence-electron chi connectivity index (χ3n) is 6.08. The van der Waals surface area contributed by atoms with Crippen LogP contribution in [0.1, 0.15) is 35.3 Å². The maximum Gasteiger partial charge on any atom is 0.276 e. The molecule has 0 N–H and O–H groups in total. The van der Waals surface area contributed by atoms with Gasteiger partial charge in [0.25, 0.3) is 5.91 Å². The lowest BCUT2D eigenvalue weighted by molar-refractivity contribution is -0.0158. The summed E-state index contributed by atoms with van der Waals surface area (Å²) in [7, 11) is 2.17. The number of benzene rings is 1. The van der Waals surface area contributed by atoms with Crippen LogP contribution in [0.25, 0.3) is 5.69 Å². The zero-order valence-corrected chi connectivity index (χ0v) is 16.1. The first kappa shape index (κ1) is 18.1. The molecule has 1 spiro atoms. The molecule has 0 atom stereocenters. The third kappa shape index (κ3) is 3.61. The number of carbonyl (C=O) groups is 1. The Bertz CT molecular complexity index is 795. The molecular formula is C20H27N5O2. The van der Waals surface area contributed by atoms with Gasteiger partial charge >= 0.3 is 0 Å². The Morgan fingerprint density at radius 1 is 1.07 bits per heavy atom. The van der Waals surface area contributed by atoms with Gasteiger partial charge in [0.2, 0.25) is 0 Å². The molecule has 0 unspecified atom stereocenters. The van der Waals surface area contributed by atoms with Gasteiger partial charge in [-0.3, -0.25) is 9.69 Å². The number of aryl methyl sites for hydroxylation is 1. The van der Waals surface area contributed by atoms with Crippen LogP contribution in [0.5, 0.6) is 0 Å². The summed E-state index contributed by atoms with van der Waals surface area (Å²) in [6, 6.07) is 8.01. The van der Waals surface area contributed by atoms with Crippen molar-refractivity contribution >= 4 is 5.91 Å². The molecule has 0 aliphatic carbocycles. The Labute approximate surface area is 159 Å². The van der Waals surface area contributed by atoms with E-state index in [-0.39, 0.29) is 11.4 Å². The van der Waals surface area contributed by atoms with Gasteiger partial charge in [-0.1, -0.05) is 22.9 Å². The lowest BCUT2D eigenvalue weighted by Crippen LogP contribution is -2.50. The van der Waals surface area contributed by atoms with Crippen LogP contribution in [-0.2, 0) is 4.74 Å². The Morgan fingerprint density at radius 3 is 2.56 bits per heavy atom. The van der Waals surface area contributed by atoms with E-state index in [1.54, 1.807) is 10.9 Å². The smallest absolute Gasteiger partial charge is 0.276 e. The Hall–Kier alpha value is -2.25. The van der Waals surface area contributed by atoms with Gasteiger partial charge in [-0.25, -0.2) is 4.68 Å². The highest BCUT2D eigenvalue weighted by molar-refractivity contribution is 5.92. The van der Waals surface area contributed by atoms with Crippen molar-refractivity contribution in [3.05, 3.63) is 41.7 Å². The molecule has 1 aromatic heterocycles. The molecule has 2 saturated heterocycles. The molecule has 27 heavy (non-hydrogen) atoms. The van der Waals surface area contributed by atoms with Crippen LogP contribution < -0.4 is 0 Å². The molecular weight excluding hydrogens is 342 g/mol. The molecule has 7 nitrogen and oxygen atoms in total. The summed E-state index contributed by atoms with van der Waals surface area (Å²) in [4.78, 5) is 17.3. The van der Waals surface area contributed by atoms with Crippen LogP contribution in [0.2, 0.25) is 0 Å². The van der Waals surface area contributed by atoms with E-state index in [9.17, 15) is 4.79 Å². The molecule has 0 saturated carbocycles. The van der Waals surface area contributed by atoms with Crippen molar-refractivity contribution in [2.75, 3.05) is 39.9 Å². The number of hydrogen-bond acceptors (Lipinski definition) is 5. The largest absolute Gasteiger partial charge is 0.381 e. The number of carbonyl (C=O) groups excluding carboxylic acids is 1. The summed E-state index contributed by atoms with van der Waals surface area (Å²) in [5.74, 6) is -0.0362. The number of likely N-dealkylation sites (N-methyl/N-ethyl adjacent to an activating group) is 1. The zero-order chi connectivity index (χ0) is 18.9. The molecule has 4 rings (SSSR count). The Morgan fingerprint density at radius 2 is 1.81 bits per heavy atom. The quantitative estimate of drug-likeness (QED) is 0.809. The van der Waals surface area contributed by atoms with Gasteiger partial charge in [-0.2, -0.15) is 0 Å². The van der Waals surface area contributed by atoms with Crippen LogP contribution in [0, 0.1) is 6.92 Å². The Balaban J connectivity index is 1.47. The predicted molar refractivity (Wildman–Crippen MR) is 102 cm³/mol. The monoisotopic (exact) mass is 369 g/mol. The molecule has 7 heteroatoms. The molecule has 3 heterocycles. The van der Waals surface area contributed by atoms with E-state index in [1.165, 1.54) is 5.56 Å². The second-order valence-electron chi connectivity index (χ2n) is 7.68. The lowest BCUT2D eigenvalue weighted by Gasteiger charge is -2.43. The van der Waals surface area contributed by atoms with E-state index in [0.717, 1.165) is 57.8 Å². The van der Waals surface area contributed by atoms with Crippen molar-refractivity contribution in [3.8, 4) is 5.69 Å². The van der Waals surface area contributed by atoms with E-state index >= 15 is 0 Å². The van der Waals surface area contributed by atoms with Gasteiger partial charge in [0.1, 0.15) is 0 Å². The van der Waals surface area contributed by atoms with Crippen molar-refractivity contribution in [2.24, 2.45) is 0 Å². The van der Waals surface area contributed by atoms with E-state index in [4.69, 9.17) is 4.74 Å². The highest BCUT2D eigenvalue weighted by atomic mass is 16.5. The fourth-order valence-electron chi connectivity index (χ4n) is 4.09. The van der Waals surface area contributed by atoms with Crippen molar-refractivity contribution < 1.29 is 9.53 Å². The topological polar surface area (TPSA) is 63.5 Å². The van der Waals surface area contributed by atoms with Crippen molar-refractivity contribution in [2.45, 2.75) is 31.7 Å². The lowest BCUT2D eigenvalue weighted by atomic mass is 9.85. The maximum absolute atomic E-state index is 13.0. The van der Waals surface area contributed by atoms with Crippen LogP contribution in [0.4, 0.5) is 0 Å². The fraction of sp³-hybridized carbons (Fsp3) is 0.550. The number of hydrogen-bond donors (Lipinski definition) is 0. The highest BCUT2D eigenvalue weighted by Crippen LogP contribution is 2.32. The number of aromatic nitrogens is 3. The minimum absolute atomic E-state index is 0.0362. The van der Waals surface area contributed by atoms with Crippen LogP contribution in [0.15, 0.2) is 30.5 Å². The molecule has 2 fully saturated rings. The summed E-state index contributed by atoms with van der Waals surface area (Å²) in [6.45, 7) is 6.00. The minimum Gasteiger partial charge on any atom is -0.381 e. The summed E-state index contributed by atoms with van der Waals surface area (Å²) in [5, 5.41) is 8.28. The van der Waals surface area contributed by atoms with Crippen molar-refractivity contribution in [1.82, 2.24) is 24.8 Å². The molecule has 2 aliphatic heterocycles. The average Bonchev–Trinajstić information content (AvgIpc) is 3.13. The first-order valence-corrected chi connectivity index (χ1v) is 9.65. The summed E-state index contributed by atoms with van der Waals surface area (Å²) in [6.07, 6.45) is 4.78. The second kappa shape index (κ2) is 7.40. The first-order chi connectivity index (χ1) is 13.1. The zero-order valence-electron chi connectivity index (χ0n) is 16.1. The van der Waals surface area contributed by atoms with E-state index in [1.807, 2.05) is 36.1 Å². The molecule has 1 aromatic carbocycles. The molecule has 0 radical (unpaired) electrons. The third-order valence-corrected chi connectivity index (χ3v) is 6.08. The van der Waals surface area contributed by atoms with Crippen molar-refractivity contribution in [3.63, 3.8) is 0 Å². The van der Waals surface area contributed by atoms with E-state index in [2.05, 4.69) is 22.3 Å². The van der Waals surface area contributed by atoms with Gasteiger partial charge in [0, 0.05) is 38.4 Å². The SMILES string of the molecule is Cc1ccc(-n2cc(C(=O)N3CCN(C)C4(CCOCC4)CC3)nn2)cc1. The number of ether oxygens (including phenoxy) is 1. The van der Waals surface area contributed by atoms with Crippen LogP contribution >= 0.6 is 0 Å². The van der Waals surface area contributed by atoms with Crippen molar-refractivity contribution in [1.29, 1.82) is 0 Å². The standard InChI is InChI=1S/C20H27N5O2/c1-16-3-5-17(6-4-16)25-15-18(21-22-25)19(26)24-10-7-20(23(2)11-12-24)8-13-27-14-9-20/h3-6,15H,7-14H2,1-2H3. The molecule has 2 aromatic rings. The number of rotatable bonds is 2. The van der Waals surface area contributed by atoms with Gasteiger partial charge in [-0.15, -0.1) is 5.10 Å². The molecule has 2 aliphatic rings. The average molecular weight is 369 g/mol. The summed E-state index contributed by atoms with van der Waals surface area (Å²) in [5.41, 5.74) is 2.66. The van der Waals surface area contributed by atoms with E-state index in [0.29, 0.717) is 5.69 Å². The van der Waals surface area contributed by atoms with Gasteiger partial charge < -0.3 is 9.64 Å².